The molecule has 2 saturated carbocycles. The molecule has 2 aliphatic carbocycles. The second-order valence-corrected chi connectivity index (χ2v) is 9.47. The van der Waals surface area contributed by atoms with Gasteiger partial charge in [-0.3, -0.25) is 0 Å². The molecule has 138 valence electrons. The van der Waals surface area contributed by atoms with Gasteiger partial charge in [0.1, 0.15) is 5.60 Å². The highest BCUT2D eigenvalue weighted by atomic mass is 16.6. The van der Waals surface area contributed by atoms with Gasteiger partial charge < -0.3 is 20.1 Å². The highest BCUT2D eigenvalue weighted by molar-refractivity contribution is 5.68. The van der Waals surface area contributed by atoms with Gasteiger partial charge in [-0.15, -0.1) is 0 Å². The molecule has 3 aliphatic rings. The first-order valence-corrected chi connectivity index (χ1v) is 9.57. The van der Waals surface area contributed by atoms with Crippen LogP contribution in [0.25, 0.3) is 0 Å². The maximum atomic E-state index is 12.3. The van der Waals surface area contributed by atoms with Gasteiger partial charge in [-0.25, -0.2) is 4.79 Å². The van der Waals surface area contributed by atoms with E-state index in [-0.39, 0.29) is 11.5 Å². The van der Waals surface area contributed by atoms with Crippen LogP contribution in [0.15, 0.2) is 0 Å². The summed E-state index contributed by atoms with van der Waals surface area (Å²) in [7, 11) is 0. The van der Waals surface area contributed by atoms with Gasteiger partial charge in [0.05, 0.1) is 0 Å². The van der Waals surface area contributed by atoms with E-state index in [1.54, 1.807) is 0 Å². The highest BCUT2D eigenvalue weighted by Gasteiger charge is 2.45. The van der Waals surface area contributed by atoms with Crippen LogP contribution < -0.4 is 5.32 Å². The standard InChI is InChI=1S/C19H34N2O3/c1-17(2,3)24-16(23)21-11-10-18(13-21)6-4-15(5-7-18)20-12-19(14-22)8-9-19/h15,20,22H,4-14H2,1-3H3. The van der Waals surface area contributed by atoms with Crippen LogP contribution in [-0.2, 0) is 4.74 Å². The predicted octanol–water partition coefficient (Wildman–Crippen LogP) is 2.92. The third kappa shape index (κ3) is 4.23. The lowest BCUT2D eigenvalue weighted by molar-refractivity contribution is 0.0259. The first kappa shape index (κ1) is 18.0. The molecule has 0 aromatic heterocycles. The van der Waals surface area contributed by atoms with Gasteiger partial charge in [0.15, 0.2) is 0 Å². The molecule has 0 atom stereocenters. The summed E-state index contributed by atoms with van der Waals surface area (Å²) in [6.07, 6.45) is 8.04. The molecule has 3 rings (SSSR count). The van der Waals surface area contributed by atoms with Crippen molar-refractivity contribution in [1.82, 2.24) is 10.2 Å². The predicted molar refractivity (Wildman–Crippen MR) is 93.9 cm³/mol. The van der Waals surface area contributed by atoms with Crippen molar-refractivity contribution < 1.29 is 14.6 Å². The minimum absolute atomic E-state index is 0.154. The average Bonchev–Trinajstić information content (AvgIpc) is 3.19. The number of hydrogen-bond donors (Lipinski definition) is 2. The summed E-state index contributed by atoms with van der Waals surface area (Å²) in [6, 6.07) is 0.579. The summed E-state index contributed by atoms with van der Waals surface area (Å²) in [4.78, 5) is 14.2. The van der Waals surface area contributed by atoms with E-state index in [1.165, 1.54) is 25.7 Å². The lowest BCUT2D eigenvalue weighted by Gasteiger charge is -2.38. The summed E-state index contributed by atoms with van der Waals surface area (Å²) in [5, 5.41) is 13.1. The van der Waals surface area contributed by atoms with E-state index in [2.05, 4.69) is 5.32 Å². The van der Waals surface area contributed by atoms with Crippen molar-refractivity contribution >= 4 is 6.09 Å². The highest BCUT2D eigenvalue weighted by Crippen LogP contribution is 2.46. The van der Waals surface area contributed by atoms with Gasteiger partial charge in [-0.2, -0.15) is 0 Å². The van der Waals surface area contributed by atoms with Gasteiger partial charge in [0.25, 0.3) is 0 Å². The molecule has 0 bridgehead atoms. The molecule has 3 fully saturated rings. The van der Waals surface area contributed by atoms with Crippen LogP contribution in [-0.4, -0.2) is 54.0 Å². The molecule has 5 heteroatoms. The van der Waals surface area contributed by atoms with E-state index in [0.717, 1.165) is 38.9 Å². The molecule has 1 aliphatic heterocycles. The zero-order valence-corrected chi connectivity index (χ0v) is 15.6. The van der Waals surface area contributed by atoms with Crippen LogP contribution in [0.2, 0.25) is 0 Å². The molecule has 2 N–H and O–H groups in total. The second kappa shape index (κ2) is 6.49. The number of hydrogen-bond acceptors (Lipinski definition) is 4. The normalized spacial score (nSPS) is 32.2. The lowest BCUT2D eigenvalue weighted by atomic mass is 9.72. The van der Waals surface area contributed by atoms with Gasteiger partial charge in [0, 0.05) is 37.7 Å². The van der Waals surface area contributed by atoms with Crippen LogP contribution in [0.1, 0.15) is 65.7 Å². The van der Waals surface area contributed by atoms with Crippen molar-refractivity contribution in [3.8, 4) is 0 Å². The SMILES string of the molecule is CC(C)(C)OC(=O)N1CCC2(CCC(NCC3(CO)CC3)CC2)C1. The molecule has 1 amide bonds. The summed E-state index contributed by atoms with van der Waals surface area (Å²) in [6.45, 7) is 8.74. The van der Waals surface area contributed by atoms with Crippen molar-refractivity contribution in [2.45, 2.75) is 77.4 Å². The van der Waals surface area contributed by atoms with Crippen molar-refractivity contribution in [2.24, 2.45) is 10.8 Å². The molecule has 1 heterocycles. The van der Waals surface area contributed by atoms with E-state index in [1.807, 2.05) is 25.7 Å². The molecule has 0 aromatic rings. The summed E-state index contributed by atoms with van der Waals surface area (Å²) in [5.41, 5.74) is 0.0826. The number of nitrogens with zero attached hydrogens (tertiary/aromatic N) is 1. The van der Waals surface area contributed by atoms with Crippen LogP contribution >= 0.6 is 0 Å². The summed E-state index contributed by atoms with van der Waals surface area (Å²) < 4.78 is 5.52. The summed E-state index contributed by atoms with van der Waals surface area (Å²) in [5.74, 6) is 0. The van der Waals surface area contributed by atoms with E-state index in [9.17, 15) is 9.90 Å². The number of carbonyl (C=O) groups is 1. The van der Waals surface area contributed by atoms with Crippen LogP contribution in [0.5, 0.6) is 0 Å². The number of rotatable bonds is 4. The molecular weight excluding hydrogens is 304 g/mol. The van der Waals surface area contributed by atoms with Crippen molar-refractivity contribution in [3.05, 3.63) is 0 Å². The van der Waals surface area contributed by atoms with Crippen LogP contribution in [0.4, 0.5) is 4.79 Å². The quantitative estimate of drug-likeness (QED) is 0.827. The fourth-order valence-corrected chi connectivity index (χ4v) is 4.19. The zero-order valence-electron chi connectivity index (χ0n) is 15.6. The maximum absolute atomic E-state index is 12.3. The molecule has 24 heavy (non-hydrogen) atoms. The zero-order chi connectivity index (χ0) is 17.4. The van der Waals surface area contributed by atoms with E-state index < -0.39 is 5.60 Å². The Labute approximate surface area is 146 Å². The second-order valence-electron chi connectivity index (χ2n) is 9.47. The number of carbonyl (C=O) groups excluding carboxylic acids is 1. The average molecular weight is 338 g/mol. The Hall–Kier alpha value is -0.810. The van der Waals surface area contributed by atoms with Crippen LogP contribution in [0.3, 0.4) is 0 Å². The number of aliphatic hydroxyl groups excluding tert-OH is 1. The Kier molecular flexibility index (Phi) is 4.86. The van der Waals surface area contributed by atoms with Gasteiger partial charge in [-0.1, -0.05) is 0 Å². The monoisotopic (exact) mass is 338 g/mol. The number of nitrogens with one attached hydrogen (secondary N) is 1. The van der Waals surface area contributed by atoms with E-state index in [0.29, 0.717) is 18.1 Å². The summed E-state index contributed by atoms with van der Waals surface area (Å²) >= 11 is 0. The first-order chi connectivity index (χ1) is 11.2. The molecule has 1 saturated heterocycles. The third-order valence-electron chi connectivity index (χ3n) is 6.19. The number of aliphatic hydroxyl groups is 1. The van der Waals surface area contributed by atoms with Gasteiger partial charge in [-0.05, 0) is 71.1 Å². The molecule has 5 nitrogen and oxygen atoms in total. The number of ether oxygens (including phenoxy) is 1. The van der Waals surface area contributed by atoms with Crippen molar-refractivity contribution in [2.75, 3.05) is 26.2 Å². The molecule has 1 spiro atoms. The minimum Gasteiger partial charge on any atom is -0.444 e. The fraction of sp³-hybridized carbons (Fsp3) is 0.947. The topological polar surface area (TPSA) is 61.8 Å². The first-order valence-electron chi connectivity index (χ1n) is 9.57. The fourth-order valence-electron chi connectivity index (χ4n) is 4.19. The third-order valence-corrected chi connectivity index (χ3v) is 6.19. The largest absolute Gasteiger partial charge is 0.444 e. The van der Waals surface area contributed by atoms with Gasteiger partial charge >= 0.3 is 6.09 Å². The van der Waals surface area contributed by atoms with E-state index in [4.69, 9.17) is 4.74 Å². The Balaban J connectivity index is 1.43. The van der Waals surface area contributed by atoms with Gasteiger partial charge in [0.2, 0.25) is 0 Å². The Morgan fingerprint density at radius 3 is 2.42 bits per heavy atom. The lowest BCUT2D eigenvalue weighted by Crippen LogP contribution is -2.42. The molecule has 0 unspecified atom stereocenters. The Morgan fingerprint density at radius 2 is 1.88 bits per heavy atom. The number of amides is 1. The molecular formula is C19H34N2O3. The molecule has 0 aromatic carbocycles. The van der Waals surface area contributed by atoms with Crippen molar-refractivity contribution in [3.63, 3.8) is 0 Å². The van der Waals surface area contributed by atoms with Crippen molar-refractivity contribution in [1.29, 1.82) is 0 Å². The minimum atomic E-state index is -0.417. The van der Waals surface area contributed by atoms with E-state index >= 15 is 0 Å². The Morgan fingerprint density at radius 1 is 1.21 bits per heavy atom. The Bertz CT molecular complexity index is 460. The smallest absolute Gasteiger partial charge is 0.410 e. The van der Waals surface area contributed by atoms with Crippen LogP contribution in [0, 0.1) is 10.8 Å². The molecule has 0 radical (unpaired) electrons. The maximum Gasteiger partial charge on any atom is 0.410 e. The number of likely N-dealkylation sites (tertiary alicyclic amines) is 1.